The summed E-state index contributed by atoms with van der Waals surface area (Å²) in [5, 5.41) is 17.9. The highest BCUT2D eigenvalue weighted by Crippen LogP contribution is 2.32. The van der Waals surface area contributed by atoms with E-state index in [-0.39, 0.29) is 11.7 Å². The van der Waals surface area contributed by atoms with E-state index in [4.69, 9.17) is 0 Å². The first-order valence-electron chi connectivity index (χ1n) is 7.20. The van der Waals surface area contributed by atoms with Crippen LogP contribution in [0.5, 0.6) is 0 Å². The Morgan fingerprint density at radius 3 is 3.00 bits per heavy atom. The monoisotopic (exact) mass is 311 g/mol. The van der Waals surface area contributed by atoms with E-state index in [1.807, 2.05) is 6.92 Å². The highest BCUT2D eigenvalue weighted by Gasteiger charge is 2.29. The molecule has 2 atom stereocenters. The van der Waals surface area contributed by atoms with Gasteiger partial charge in [-0.2, -0.15) is 16.7 Å². The van der Waals surface area contributed by atoms with Crippen LogP contribution in [-0.2, 0) is 0 Å². The van der Waals surface area contributed by atoms with Gasteiger partial charge in [-0.1, -0.05) is 13.3 Å². The normalized spacial score (nSPS) is 21.2. The standard InChI is InChI=1S/C13H21N5O2S/c1-3-7-14-13-15-8-10(18(19)20)12(17-13)16-9-5-4-6-11(9)21-2/h8-9,11H,3-7H2,1-2H3,(H2,14,15,16,17). The lowest BCUT2D eigenvalue weighted by Crippen LogP contribution is -2.27. The summed E-state index contributed by atoms with van der Waals surface area (Å²) in [5.74, 6) is 0.753. The highest BCUT2D eigenvalue weighted by atomic mass is 32.2. The Hall–Kier alpha value is -1.57. The molecule has 2 unspecified atom stereocenters. The van der Waals surface area contributed by atoms with Gasteiger partial charge in [0.25, 0.3) is 0 Å². The third-order valence-electron chi connectivity index (χ3n) is 3.58. The predicted octanol–water partition coefficient (Wildman–Crippen LogP) is 2.90. The number of nitro groups is 1. The van der Waals surface area contributed by atoms with Crippen LogP contribution < -0.4 is 10.6 Å². The van der Waals surface area contributed by atoms with Gasteiger partial charge in [0.2, 0.25) is 11.8 Å². The van der Waals surface area contributed by atoms with Crippen LogP contribution >= 0.6 is 11.8 Å². The molecule has 0 saturated heterocycles. The van der Waals surface area contributed by atoms with Crippen molar-refractivity contribution in [3.63, 3.8) is 0 Å². The molecule has 1 aromatic rings. The molecule has 0 radical (unpaired) electrons. The fourth-order valence-corrected chi connectivity index (χ4v) is 3.42. The Morgan fingerprint density at radius 2 is 2.33 bits per heavy atom. The molecule has 0 amide bonds. The number of anilines is 2. The van der Waals surface area contributed by atoms with Crippen LogP contribution in [0.15, 0.2) is 6.20 Å². The molecule has 2 rings (SSSR count). The van der Waals surface area contributed by atoms with Gasteiger partial charge in [0.15, 0.2) is 0 Å². The van der Waals surface area contributed by atoms with Crippen LogP contribution in [0.3, 0.4) is 0 Å². The quantitative estimate of drug-likeness (QED) is 0.590. The van der Waals surface area contributed by atoms with Crippen molar-refractivity contribution in [2.24, 2.45) is 0 Å². The summed E-state index contributed by atoms with van der Waals surface area (Å²) in [6, 6.07) is 0.229. The van der Waals surface area contributed by atoms with Crippen molar-refractivity contribution in [1.82, 2.24) is 9.97 Å². The fraction of sp³-hybridized carbons (Fsp3) is 0.692. The Kier molecular flexibility index (Phi) is 5.60. The summed E-state index contributed by atoms with van der Waals surface area (Å²) in [7, 11) is 0. The van der Waals surface area contributed by atoms with E-state index in [2.05, 4.69) is 26.9 Å². The largest absolute Gasteiger partial charge is 0.360 e. The van der Waals surface area contributed by atoms with Crippen molar-refractivity contribution in [3.05, 3.63) is 16.3 Å². The number of aromatic nitrogens is 2. The van der Waals surface area contributed by atoms with Crippen molar-refractivity contribution in [1.29, 1.82) is 0 Å². The number of hydrogen-bond donors (Lipinski definition) is 2. The molecule has 0 aliphatic heterocycles. The molecule has 116 valence electrons. The first-order chi connectivity index (χ1) is 10.2. The number of hydrogen-bond acceptors (Lipinski definition) is 7. The Balaban J connectivity index is 2.19. The zero-order valence-corrected chi connectivity index (χ0v) is 13.2. The van der Waals surface area contributed by atoms with Gasteiger partial charge in [0, 0.05) is 17.8 Å². The Labute approximate surface area is 128 Å². The van der Waals surface area contributed by atoms with Gasteiger partial charge in [-0.15, -0.1) is 0 Å². The summed E-state index contributed by atoms with van der Waals surface area (Å²) in [5.41, 5.74) is -0.0659. The minimum atomic E-state index is -0.436. The summed E-state index contributed by atoms with van der Waals surface area (Å²) in [6.45, 7) is 2.78. The predicted molar refractivity (Wildman–Crippen MR) is 86.0 cm³/mol. The van der Waals surface area contributed by atoms with Gasteiger partial charge < -0.3 is 10.6 Å². The average Bonchev–Trinajstić information content (AvgIpc) is 2.92. The molecule has 1 aliphatic rings. The molecule has 0 bridgehead atoms. The smallest absolute Gasteiger partial charge is 0.329 e. The molecule has 1 saturated carbocycles. The lowest BCUT2D eigenvalue weighted by Gasteiger charge is -2.19. The van der Waals surface area contributed by atoms with Gasteiger partial charge in [0.05, 0.1) is 4.92 Å². The van der Waals surface area contributed by atoms with Crippen LogP contribution in [0.4, 0.5) is 17.5 Å². The van der Waals surface area contributed by atoms with Gasteiger partial charge in [-0.3, -0.25) is 10.1 Å². The third-order valence-corrected chi connectivity index (χ3v) is 4.75. The molecule has 7 nitrogen and oxygen atoms in total. The molecule has 2 N–H and O–H groups in total. The van der Waals surface area contributed by atoms with Crippen molar-refractivity contribution in [2.45, 2.75) is 43.9 Å². The molecular formula is C13H21N5O2S. The molecular weight excluding hydrogens is 290 g/mol. The van der Waals surface area contributed by atoms with E-state index in [9.17, 15) is 10.1 Å². The molecule has 8 heteroatoms. The van der Waals surface area contributed by atoms with E-state index in [0.29, 0.717) is 17.0 Å². The fourth-order valence-electron chi connectivity index (χ4n) is 2.49. The first-order valence-corrected chi connectivity index (χ1v) is 8.49. The van der Waals surface area contributed by atoms with Crippen molar-refractivity contribution in [2.75, 3.05) is 23.4 Å². The first kappa shape index (κ1) is 15.8. The molecule has 1 aromatic heterocycles. The van der Waals surface area contributed by atoms with E-state index in [1.54, 1.807) is 11.8 Å². The molecule has 1 aliphatic carbocycles. The maximum atomic E-state index is 11.1. The van der Waals surface area contributed by atoms with E-state index < -0.39 is 4.92 Å². The van der Waals surface area contributed by atoms with Crippen LogP contribution in [0.1, 0.15) is 32.6 Å². The van der Waals surface area contributed by atoms with E-state index in [0.717, 1.165) is 32.2 Å². The lowest BCUT2D eigenvalue weighted by atomic mass is 10.2. The number of nitrogens with one attached hydrogen (secondary N) is 2. The second-order valence-electron chi connectivity index (χ2n) is 5.07. The van der Waals surface area contributed by atoms with E-state index >= 15 is 0 Å². The molecule has 21 heavy (non-hydrogen) atoms. The third kappa shape index (κ3) is 3.96. The van der Waals surface area contributed by atoms with Crippen molar-refractivity contribution >= 4 is 29.2 Å². The topological polar surface area (TPSA) is 93.0 Å². The van der Waals surface area contributed by atoms with Crippen LogP contribution in [0.25, 0.3) is 0 Å². The van der Waals surface area contributed by atoms with Crippen LogP contribution in [0.2, 0.25) is 0 Å². The van der Waals surface area contributed by atoms with Gasteiger partial charge >= 0.3 is 5.69 Å². The molecule has 0 aromatic carbocycles. The summed E-state index contributed by atoms with van der Waals surface area (Å²) < 4.78 is 0. The maximum Gasteiger partial charge on any atom is 0.329 e. The highest BCUT2D eigenvalue weighted by molar-refractivity contribution is 7.99. The number of thioether (sulfide) groups is 1. The Morgan fingerprint density at radius 1 is 1.52 bits per heavy atom. The van der Waals surface area contributed by atoms with Gasteiger partial charge in [-0.25, -0.2) is 4.98 Å². The molecule has 0 spiro atoms. The zero-order chi connectivity index (χ0) is 15.2. The Bertz CT molecular complexity index is 499. The second-order valence-corrected chi connectivity index (χ2v) is 6.14. The van der Waals surface area contributed by atoms with Gasteiger partial charge in [-0.05, 0) is 25.5 Å². The lowest BCUT2D eigenvalue weighted by molar-refractivity contribution is -0.384. The van der Waals surface area contributed by atoms with Crippen molar-refractivity contribution in [3.8, 4) is 0 Å². The maximum absolute atomic E-state index is 11.1. The van der Waals surface area contributed by atoms with E-state index in [1.165, 1.54) is 6.20 Å². The second kappa shape index (κ2) is 7.44. The minimum absolute atomic E-state index is 0.0659. The van der Waals surface area contributed by atoms with Crippen LogP contribution in [-0.4, -0.2) is 39.0 Å². The molecule has 1 heterocycles. The zero-order valence-electron chi connectivity index (χ0n) is 12.3. The number of rotatable bonds is 7. The minimum Gasteiger partial charge on any atom is -0.360 e. The number of nitrogens with zero attached hydrogens (tertiary/aromatic N) is 3. The van der Waals surface area contributed by atoms with Gasteiger partial charge in [0.1, 0.15) is 6.20 Å². The van der Waals surface area contributed by atoms with Crippen LogP contribution in [0, 0.1) is 10.1 Å². The SMILES string of the molecule is CCCNc1ncc([N+](=O)[O-])c(NC2CCCC2SC)n1. The summed E-state index contributed by atoms with van der Waals surface area (Å²) in [4.78, 5) is 19.0. The summed E-state index contributed by atoms with van der Waals surface area (Å²) >= 11 is 1.80. The van der Waals surface area contributed by atoms with Crippen molar-refractivity contribution < 1.29 is 4.92 Å². The summed E-state index contributed by atoms with van der Waals surface area (Å²) in [6.07, 6.45) is 7.59. The average molecular weight is 311 g/mol. The molecule has 1 fully saturated rings.